The van der Waals surface area contributed by atoms with Crippen molar-refractivity contribution >= 4 is 27.5 Å². The number of sulfonamides is 1. The van der Waals surface area contributed by atoms with Crippen molar-refractivity contribution in [3.05, 3.63) is 96.6 Å². The van der Waals surface area contributed by atoms with E-state index in [1.165, 1.54) is 17.0 Å². The van der Waals surface area contributed by atoms with Gasteiger partial charge in [0.2, 0.25) is 11.8 Å². The van der Waals surface area contributed by atoms with Crippen molar-refractivity contribution in [2.75, 3.05) is 17.4 Å². The monoisotopic (exact) mass is 535 g/mol. The van der Waals surface area contributed by atoms with Gasteiger partial charge in [-0.15, -0.1) is 0 Å². The molecule has 0 saturated carbocycles. The van der Waals surface area contributed by atoms with Gasteiger partial charge in [-0.05, 0) is 63.4 Å². The molecule has 0 aliphatic carbocycles. The number of anilines is 1. The van der Waals surface area contributed by atoms with E-state index in [9.17, 15) is 18.0 Å². The molecule has 2 amide bonds. The Kier molecular flexibility index (Phi) is 9.69. The lowest BCUT2D eigenvalue weighted by molar-refractivity contribution is -0.140. The van der Waals surface area contributed by atoms with Crippen LogP contribution < -0.4 is 9.62 Å². The largest absolute Gasteiger partial charge is 0.350 e. The third-order valence-electron chi connectivity index (χ3n) is 6.02. The smallest absolute Gasteiger partial charge is 0.264 e. The van der Waals surface area contributed by atoms with Crippen LogP contribution in [-0.2, 0) is 26.0 Å². The second-order valence-electron chi connectivity index (χ2n) is 10.1. The maximum Gasteiger partial charge on any atom is 0.264 e. The first-order chi connectivity index (χ1) is 18.0. The average Bonchev–Trinajstić information content (AvgIpc) is 2.90. The summed E-state index contributed by atoms with van der Waals surface area (Å²) in [5.41, 5.74) is 0.916. The summed E-state index contributed by atoms with van der Waals surface area (Å²) in [5, 5.41) is 2.98. The fourth-order valence-corrected chi connectivity index (χ4v) is 5.63. The van der Waals surface area contributed by atoms with Gasteiger partial charge in [0.15, 0.2) is 0 Å². The fraction of sp³-hybridized carbons (Fsp3) is 0.333. The van der Waals surface area contributed by atoms with E-state index in [1.54, 1.807) is 48.5 Å². The summed E-state index contributed by atoms with van der Waals surface area (Å²) in [7, 11) is -4.05. The van der Waals surface area contributed by atoms with Crippen molar-refractivity contribution < 1.29 is 18.0 Å². The highest BCUT2D eigenvalue weighted by atomic mass is 32.2. The van der Waals surface area contributed by atoms with Gasteiger partial charge in [-0.25, -0.2) is 8.42 Å². The van der Waals surface area contributed by atoms with E-state index < -0.39 is 34.1 Å². The summed E-state index contributed by atoms with van der Waals surface area (Å²) in [6, 6.07) is 25.6. The number of amides is 2. The van der Waals surface area contributed by atoms with Crippen molar-refractivity contribution in [3.63, 3.8) is 0 Å². The Bertz CT molecular complexity index is 1290. The molecule has 0 saturated heterocycles. The van der Waals surface area contributed by atoms with E-state index in [1.807, 2.05) is 58.0 Å². The van der Waals surface area contributed by atoms with Crippen LogP contribution in [0.15, 0.2) is 95.9 Å². The Balaban J connectivity index is 1.98. The molecule has 8 heteroatoms. The summed E-state index contributed by atoms with van der Waals surface area (Å²) in [5.74, 6) is -0.709. The maximum absolute atomic E-state index is 13.9. The molecule has 0 radical (unpaired) electrons. The van der Waals surface area contributed by atoms with Crippen LogP contribution in [-0.4, -0.2) is 49.8 Å². The number of carbonyl (C=O) groups excluding carboxylic acids is 2. The molecule has 0 spiro atoms. The molecule has 0 aliphatic rings. The van der Waals surface area contributed by atoms with Gasteiger partial charge >= 0.3 is 0 Å². The zero-order valence-corrected chi connectivity index (χ0v) is 23.3. The van der Waals surface area contributed by atoms with E-state index in [-0.39, 0.29) is 17.3 Å². The molecule has 1 atom stereocenters. The van der Waals surface area contributed by atoms with Gasteiger partial charge in [0, 0.05) is 12.1 Å². The second-order valence-corrected chi connectivity index (χ2v) is 12.0. The highest BCUT2D eigenvalue weighted by Crippen LogP contribution is 2.24. The minimum atomic E-state index is -4.05. The molecule has 7 nitrogen and oxygen atoms in total. The average molecular weight is 536 g/mol. The minimum Gasteiger partial charge on any atom is -0.350 e. The Morgan fingerprint density at radius 2 is 1.37 bits per heavy atom. The number of hydrogen-bond acceptors (Lipinski definition) is 4. The van der Waals surface area contributed by atoms with Crippen LogP contribution in [0.4, 0.5) is 5.69 Å². The first kappa shape index (κ1) is 28.9. The van der Waals surface area contributed by atoms with Gasteiger partial charge in [-0.2, -0.15) is 0 Å². The lowest BCUT2D eigenvalue weighted by atomic mass is 10.1. The van der Waals surface area contributed by atoms with Crippen LogP contribution in [0.5, 0.6) is 0 Å². The number of hydrogen-bond donors (Lipinski definition) is 1. The number of rotatable bonds is 11. The molecule has 3 aromatic rings. The predicted molar refractivity (Wildman–Crippen MR) is 151 cm³/mol. The maximum atomic E-state index is 13.9. The SMILES string of the molecule is CCC(C(=O)NC(C)(C)C)N(CCc1ccccc1)C(=O)CN(c1ccccc1)S(=O)(=O)c1ccccc1. The summed E-state index contributed by atoms with van der Waals surface area (Å²) >= 11 is 0. The van der Waals surface area contributed by atoms with Crippen molar-refractivity contribution in [3.8, 4) is 0 Å². The zero-order chi connectivity index (χ0) is 27.8. The van der Waals surface area contributed by atoms with Crippen LogP contribution in [0.1, 0.15) is 39.7 Å². The molecular formula is C30H37N3O4S. The van der Waals surface area contributed by atoms with Crippen molar-refractivity contribution in [2.24, 2.45) is 0 Å². The Morgan fingerprint density at radius 1 is 0.842 bits per heavy atom. The second kappa shape index (κ2) is 12.7. The number of para-hydroxylation sites is 1. The molecule has 3 rings (SSSR count). The molecule has 0 bridgehead atoms. The van der Waals surface area contributed by atoms with Crippen molar-refractivity contribution in [1.82, 2.24) is 10.2 Å². The summed E-state index contributed by atoms with van der Waals surface area (Å²) < 4.78 is 28.5. The molecule has 0 aliphatic heterocycles. The lowest BCUT2D eigenvalue weighted by Gasteiger charge is -2.34. The van der Waals surface area contributed by atoms with Gasteiger partial charge in [-0.3, -0.25) is 13.9 Å². The first-order valence-corrected chi connectivity index (χ1v) is 14.2. The minimum absolute atomic E-state index is 0.0880. The molecule has 0 fully saturated rings. The molecule has 3 aromatic carbocycles. The lowest BCUT2D eigenvalue weighted by Crippen LogP contribution is -2.56. The Labute approximate surface area is 226 Å². The summed E-state index contributed by atoms with van der Waals surface area (Å²) in [4.78, 5) is 28.8. The third-order valence-corrected chi connectivity index (χ3v) is 7.81. The van der Waals surface area contributed by atoms with Crippen LogP contribution in [0.25, 0.3) is 0 Å². The van der Waals surface area contributed by atoms with Crippen LogP contribution in [0.3, 0.4) is 0 Å². The fourth-order valence-electron chi connectivity index (χ4n) is 4.19. The van der Waals surface area contributed by atoms with Gasteiger partial charge in [0.1, 0.15) is 12.6 Å². The third kappa shape index (κ3) is 7.68. The number of carbonyl (C=O) groups is 2. The topological polar surface area (TPSA) is 86.8 Å². The predicted octanol–water partition coefficient (Wildman–Crippen LogP) is 4.65. The van der Waals surface area contributed by atoms with Gasteiger partial charge in [0.05, 0.1) is 10.6 Å². The van der Waals surface area contributed by atoms with Gasteiger partial charge < -0.3 is 10.2 Å². The Morgan fingerprint density at radius 3 is 1.89 bits per heavy atom. The van der Waals surface area contributed by atoms with E-state index in [4.69, 9.17) is 0 Å². The summed E-state index contributed by atoms with van der Waals surface area (Å²) in [6.45, 7) is 7.35. The Hall–Kier alpha value is -3.65. The van der Waals surface area contributed by atoms with E-state index in [0.29, 0.717) is 18.5 Å². The van der Waals surface area contributed by atoms with Crippen molar-refractivity contribution in [2.45, 2.75) is 57.0 Å². The molecule has 1 N–H and O–H groups in total. The van der Waals surface area contributed by atoms with E-state index in [0.717, 1.165) is 9.87 Å². The first-order valence-electron chi connectivity index (χ1n) is 12.8. The molecule has 0 aromatic heterocycles. The van der Waals surface area contributed by atoms with E-state index in [2.05, 4.69) is 5.32 Å². The van der Waals surface area contributed by atoms with Gasteiger partial charge in [-0.1, -0.05) is 73.7 Å². The highest BCUT2D eigenvalue weighted by molar-refractivity contribution is 7.92. The molecule has 1 unspecified atom stereocenters. The highest BCUT2D eigenvalue weighted by Gasteiger charge is 2.34. The van der Waals surface area contributed by atoms with Crippen molar-refractivity contribution in [1.29, 1.82) is 0 Å². The van der Waals surface area contributed by atoms with Crippen LogP contribution in [0, 0.1) is 0 Å². The molecule has 0 heterocycles. The van der Waals surface area contributed by atoms with E-state index >= 15 is 0 Å². The van der Waals surface area contributed by atoms with Gasteiger partial charge in [0.25, 0.3) is 10.0 Å². The normalized spacial score (nSPS) is 12.4. The number of nitrogens with one attached hydrogen (secondary N) is 1. The van der Waals surface area contributed by atoms with Crippen LogP contribution >= 0.6 is 0 Å². The molecular weight excluding hydrogens is 498 g/mol. The molecule has 202 valence electrons. The number of nitrogens with zero attached hydrogens (tertiary/aromatic N) is 2. The standard InChI is InChI=1S/C30H37N3O4S/c1-5-27(29(35)31-30(2,3)4)32(22-21-24-15-9-6-10-16-24)28(34)23-33(25-17-11-7-12-18-25)38(36,37)26-19-13-8-14-20-26/h6-20,27H,5,21-23H2,1-4H3,(H,31,35). The number of benzene rings is 3. The summed E-state index contributed by atoms with van der Waals surface area (Å²) in [6.07, 6.45) is 0.919. The zero-order valence-electron chi connectivity index (χ0n) is 22.5. The molecule has 38 heavy (non-hydrogen) atoms. The van der Waals surface area contributed by atoms with Crippen LogP contribution in [0.2, 0.25) is 0 Å². The quantitative estimate of drug-likeness (QED) is 0.387.